The van der Waals surface area contributed by atoms with E-state index in [1.807, 2.05) is 6.92 Å². The Morgan fingerprint density at radius 2 is 2.16 bits per heavy atom. The summed E-state index contributed by atoms with van der Waals surface area (Å²) in [6, 6.07) is 5.72. The molecule has 1 aromatic carbocycles. The molecule has 0 aliphatic carbocycles. The molecule has 0 aliphatic rings. The summed E-state index contributed by atoms with van der Waals surface area (Å²) >= 11 is 0. The van der Waals surface area contributed by atoms with E-state index in [-0.39, 0.29) is 16.2 Å². The molecular formula is C14H16O4S. The molecule has 102 valence electrons. The van der Waals surface area contributed by atoms with Crippen LogP contribution in [0.4, 0.5) is 0 Å². The van der Waals surface area contributed by atoms with Gasteiger partial charge in [0.25, 0.3) is 0 Å². The van der Waals surface area contributed by atoms with Crippen molar-refractivity contribution in [3.05, 3.63) is 29.8 Å². The lowest BCUT2D eigenvalue weighted by molar-refractivity contribution is 0.0499. The Labute approximate surface area is 113 Å². The monoisotopic (exact) mass is 280 g/mol. The lowest BCUT2D eigenvalue weighted by Crippen LogP contribution is -2.09. The summed E-state index contributed by atoms with van der Waals surface area (Å²) in [4.78, 5) is 11.7. The molecule has 0 saturated carbocycles. The van der Waals surface area contributed by atoms with Gasteiger partial charge in [-0.2, -0.15) is 0 Å². The number of carbonyl (C=O) groups excluding carboxylic acids is 1. The zero-order valence-electron chi connectivity index (χ0n) is 10.8. The first-order valence-electron chi connectivity index (χ1n) is 5.94. The zero-order chi connectivity index (χ0) is 14.3. The largest absolute Gasteiger partial charge is 0.462 e. The van der Waals surface area contributed by atoms with Gasteiger partial charge in [-0.25, -0.2) is 13.2 Å². The first kappa shape index (κ1) is 15.3. The second-order valence-electron chi connectivity index (χ2n) is 3.98. The maximum Gasteiger partial charge on any atom is 0.338 e. The number of carbonyl (C=O) groups is 1. The molecule has 0 aromatic heterocycles. The third-order valence-electron chi connectivity index (χ3n) is 2.43. The summed E-state index contributed by atoms with van der Waals surface area (Å²) in [5.74, 6) is 1.18. The predicted octanol–water partition coefficient (Wildman–Crippen LogP) is 2.05. The summed E-state index contributed by atoms with van der Waals surface area (Å²) in [6.07, 6.45) is 6.71. The van der Waals surface area contributed by atoms with Gasteiger partial charge >= 0.3 is 5.97 Å². The molecule has 1 aromatic rings. The van der Waals surface area contributed by atoms with E-state index in [0.717, 1.165) is 12.8 Å². The average molecular weight is 280 g/mol. The molecule has 0 fully saturated rings. The first-order valence-corrected chi connectivity index (χ1v) is 7.60. The van der Waals surface area contributed by atoms with Crippen LogP contribution in [0.2, 0.25) is 0 Å². The van der Waals surface area contributed by atoms with Crippen LogP contribution in [0.1, 0.15) is 30.1 Å². The number of benzene rings is 1. The molecule has 0 atom stereocenters. The fourth-order valence-corrected chi connectivity index (χ4v) is 2.38. The smallest absolute Gasteiger partial charge is 0.338 e. The van der Waals surface area contributed by atoms with Crippen molar-refractivity contribution in [3.8, 4) is 12.3 Å². The van der Waals surface area contributed by atoms with E-state index in [4.69, 9.17) is 11.2 Å². The van der Waals surface area contributed by atoms with Crippen LogP contribution < -0.4 is 0 Å². The first-order chi connectivity index (χ1) is 9.01. The SMILES string of the molecule is C#CCS(=O)(=O)c1cccc(C(=O)OCCCC)c1. The van der Waals surface area contributed by atoms with Gasteiger partial charge in [0.05, 0.1) is 17.1 Å². The van der Waals surface area contributed by atoms with E-state index in [1.54, 1.807) is 0 Å². The van der Waals surface area contributed by atoms with Crippen molar-refractivity contribution in [3.63, 3.8) is 0 Å². The van der Waals surface area contributed by atoms with Gasteiger partial charge in [0.15, 0.2) is 9.84 Å². The third-order valence-corrected chi connectivity index (χ3v) is 3.95. The van der Waals surface area contributed by atoms with Gasteiger partial charge < -0.3 is 4.74 Å². The van der Waals surface area contributed by atoms with Gasteiger partial charge in [-0.15, -0.1) is 6.42 Å². The van der Waals surface area contributed by atoms with Gasteiger partial charge in [0, 0.05) is 0 Å². The van der Waals surface area contributed by atoms with E-state index in [9.17, 15) is 13.2 Å². The van der Waals surface area contributed by atoms with E-state index in [0.29, 0.717) is 6.61 Å². The van der Waals surface area contributed by atoms with Crippen molar-refractivity contribution >= 4 is 15.8 Å². The van der Waals surface area contributed by atoms with Crippen molar-refractivity contribution in [1.29, 1.82) is 0 Å². The number of unbranched alkanes of at least 4 members (excludes halogenated alkanes) is 1. The number of hydrogen-bond donors (Lipinski definition) is 0. The quantitative estimate of drug-likeness (QED) is 0.454. The normalized spacial score (nSPS) is 10.7. The maximum absolute atomic E-state index is 11.8. The van der Waals surface area contributed by atoms with Crippen LogP contribution in [0.3, 0.4) is 0 Å². The Morgan fingerprint density at radius 1 is 1.42 bits per heavy atom. The van der Waals surface area contributed by atoms with Crippen LogP contribution in [0.5, 0.6) is 0 Å². The number of rotatable bonds is 6. The van der Waals surface area contributed by atoms with Gasteiger partial charge in [0.2, 0.25) is 0 Å². The maximum atomic E-state index is 11.8. The number of hydrogen-bond acceptors (Lipinski definition) is 4. The number of sulfone groups is 1. The summed E-state index contributed by atoms with van der Waals surface area (Å²) < 4.78 is 28.6. The molecule has 0 amide bonds. The van der Waals surface area contributed by atoms with E-state index >= 15 is 0 Å². The molecule has 0 saturated heterocycles. The van der Waals surface area contributed by atoms with Gasteiger partial charge in [-0.3, -0.25) is 0 Å². The Morgan fingerprint density at radius 3 is 2.79 bits per heavy atom. The van der Waals surface area contributed by atoms with Crippen LogP contribution in [0, 0.1) is 12.3 Å². The predicted molar refractivity (Wildman–Crippen MR) is 72.5 cm³/mol. The summed E-state index contributed by atoms with van der Waals surface area (Å²) in [6.45, 7) is 2.32. The average Bonchev–Trinajstić information content (AvgIpc) is 2.39. The molecule has 0 N–H and O–H groups in total. The minimum atomic E-state index is -3.54. The molecule has 0 unspecified atom stereocenters. The van der Waals surface area contributed by atoms with E-state index in [1.165, 1.54) is 24.3 Å². The fraction of sp³-hybridized carbons (Fsp3) is 0.357. The minimum Gasteiger partial charge on any atom is -0.462 e. The molecule has 0 heterocycles. The third kappa shape index (κ3) is 4.42. The zero-order valence-corrected chi connectivity index (χ0v) is 11.6. The molecule has 0 bridgehead atoms. The summed E-state index contributed by atoms with van der Waals surface area (Å²) in [7, 11) is -3.54. The lowest BCUT2D eigenvalue weighted by Gasteiger charge is -2.06. The molecule has 19 heavy (non-hydrogen) atoms. The van der Waals surface area contributed by atoms with Crippen molar-refractivity contribution in [2.24, 2.45) is 0 Å². The Kier molecular flexibility index (Phi) is 5.58. The van der Waals surface area contributed by atoms with E-state index < -0.39 is 15.8 Å². The van der Waals surface area contributed by atoms with Crippen LogP contribution in [0.15, 0.2) is 29.2 Å². The van der Waals surface area contributed by atoms with Crippen LogP contribution >= 0.6 is 0 Å². The Bertz CT molecular complexity index is 582. The second kappa shape index (κ2) is 6.95. The van der Waals surface area contributed by atoms with Crippen LogP contribution in [-0.2, 0) is 14.6 Å². The van der Waals surface area contributed by atoms with Crippen molar-refractivity contribution in [2.75, 3.05) is 12.4 Å². The molecular weight excluding hydrogens is 264 g/mol. The number of ether oxygens (including phenoxy) is 1. The number of esters is 1. The molecule has 0 spiro atoms. The number of terminal acetylenes is 1. The highest BCUT2D eigenvalue weighted by molar-refractivity contribution is 7.91. The second-order valence-corrected chi connectivity index (χ2v) is 5.97. The molecule has 1 rings (SSSR count). The summed E-state index contributed by atoms with van der Waals surface area (Å²) in [5, 5.41) is 0. The van der Waals surface area contributed by atoms with Gasteiger partial charge in [-0.05, 0) is 24.6 Å². The molecule has 0 radical (unpaired) electrons. The molecule has 5 heteroatoms. The minimum absolute atomic E-state index is 0.0374. The molecule has 4 nitrogen and oxygen atoms in total. The topological polar surface area (TPSA) is 60.4 Å². The van der Waals surface area contributed by atoms with Crippen LogP contribution in [-0.4, -0.2) is 26.7 Å². The molecule has 0 aliphatic heterocycles. The highest BCUT2D eigenvalue weighted by atomic mass is 32.2. The highest BCUT2D eigenvalue weighted by Gasteiger charge is 2.15. The van der Waals surface area contributed by atoms with Crippen LogP contribution in [0.25, 0.3) is 0 Å². The van der Waals surface area contributed by atoms with Gasteiger partial charge in [0.1, 0.15) is 5.75 Å². The Hall–Kier alpha value is -1.80. The van der Waals surface area contributed by atoms with Gasteiger partial charge in [-0.1, -0.05) is 25.3 Å². The Balaban J connectivity index is 2.89. The lowest BCUT2D eigenvalue weighted by atomic mass is 10.2. The van der Waals surface area contributed by atoms with Crippen molar-refractivity contribution in [1.82, 2.24) is 0 Å². The van der Waals surface area contributed by atoms with Crippen molar-refractivity contribution in [2.45, 2.75) is 24.7 Å². The highest BCUT2D eigenvalue weighted by Crippen LogP contribution is 2.14. The standard InChI is InChI=1S/C14H16O4S/c1-3-5-9-18-14(15)12-7-6-8-13(11-12)19(16,17)10-4-2/h2,6-8,11H,3,5,9-10H2,1H3. The van der Waals surface area contributed by atoms with E-state index in [2.05, 4.69) is 5.92 Å². The van der Waals surface area contributed by atoms with Crippen molar-refractivity contribution < 1.29 is 17.9 Å². The summed E-state index contributed by atoms with van der Waals surface area (Å²) in [5.41, 5.74) is 0.217. The fourth-order valence-electron chi connectivity index (χ4n) is 1.40.